The number of hydrogen-bond donors (Lipinski definition) is 2. The Morgan fingerprint density at radius 2 is 2.45 bits per heavy atom. The third-order valence-corrected chi connectivity index (χ3v) is 3.80. The fraction of sp³-hybridized carbons (Fsp3) is 0.714. The molecule has 1 aliphatic rings. The van der Waals surface area contributed by atoms with Crippen molar-refractivity contribution >= 4 is 5.91 Å². The van der Waals surface area contributed by atoms with E-state index in [0.717, 1.165) is 18.4 Å². The van der Waals surface area contributed by atoms with Crippen molar-refractivity contribution in [3.05, 3.63) is 18.0 Å². The van der Waals surface area contributed by atoms with Crippen LogP contribution < -0.4 is 10.6 Å². The van der Waals surface area contributed by atoms with Crippen LogP contribution in [0.3, 0.4) is 0 Å². The number of ether oxygens (including phenoxy) is 1. The van der Waals surface area contributed by atoms with Gasteiger partial charge < -0.3 is 15.4 Å². The Labute approximate surface area is 119 Å². The summed E-state index contributed by atoms with van der Waals surface area (Å²) in [6.45, 7) is 2.82. The molecule has 1 aromatic rings. The first-order valence-corrected chi connectivity index (χ1v) is 7.17. The summed E-state index contributed by atoms with van der Waals surface area (Å²) in [5.41, 5.74) is 1.05. The summed E-state index contributed by atoms with van der Waals surface area (Å²) in [6.07, 6.45) is 6.19. The number of methoxy groups -OCH3 is 1. The molecule has 3 atom stereocenters. The highest BCUT2D eigenvalue weighted by molar-refractivity contribution is 5.77. The van der Waals surface area contributed by atoms with Crippen molar-refractivity contribution in [2.24, 2.45) is 7.05 Å². The van der Waals surface area contributed by atoms with Crippen LogP contribution in [-0.4, -0.2) is 41.5 Å². The minimum Gasteiger partial charge on any atom is -0.383 e. The lowest BCUT2D eigenvalue weighted by atomic mass is 9.93. The maximum Gasteiger partial charge on any atom is 0.220 e. The van der Waals surface area contributed by atoms with E-state index in [4.69, 9.17) is 4.74 Å². The number of nitrogens with zero attached hydrogens (tertiary/aromatic N) is 2. The largest absolute Gasteiger partial charge is 0.383 e. The molecule has 6 nitrogen and oxygen atoms in total. The Bertz CT molecular complexity index is 446. The Hall–Kier alpha value is -1.40. The van der Waals surface area contributed by atoms with Crippen molar-refractivity contribution in [1.82, 2.24) is 20.4 Å². The smallest absolute Gasteiger partial charge is 0.220 e. The van der Waals surface area contributed by atoms with Gasteiger partial charge in [0.2, 0.25) is 5.91 Å². The van der Waals surface area contributed by atoms with E-state index in [1.54, 1.807) is 11.8 Å². The van der Waals surface area contributed by atoms with Crippen molar-refractivity contribution in [2.75, 3.05) is 13.7 Å². The van der Waals surface area contributed by atoms with Gasteiger partial charge in [-0.2, -0.15) is 5.10 Å². The van der Waals surface area contributed by atoms with Gasteiger partial charge in [0.05, 0.1) is 18.8 Å². The molecule has 20 heavy (non-hydrogen) atoms. The Morgan fingerprint density at radius 1 is 1.65 bits per heavy atom. The molecule has 1 unspecified atom stereocenters. The van der Waals surface area contributed by atoms with Crippen LogP contribution in [0.1, 0.15) is 37.8 Å². The zero-order valence-corrected chi connectivity index (χ0v) is 12.4. The molecule has 2 N–H and O–H groups in total. The van der Waals surface area contributed by atoms with Crippen LogP contribution in [0.25, 0.3) is 0 Å². The molecular weight excluding hydrogens is 256 g/mol. The number of aromatic nitrogens is 2. The second-order valence-corrected chi connectivity index (χ2v) is 5.36. The highest BCUT2D eigenvalue weighted by atomic mass is 16.5. The van der Waals surface area contributed by atoms with E-state index in [1.165, 1.54) is 0 Å². The lowest BCUT2D eigenvalue weighted by molar-refractivity contribution is -0.124. The van der Waals surface area contributed by atoms with E-state index in [2.05, 4.69) is 22.7 Å². The van der Waals surface area contributed by atoms with Crippen LogP contribution in [0.15, 0.2) is 12.4 Å². The molecule has 6 heteroatoms. The maximum atomic E-state index is 11.7. The summed E-state index contributed by atoms with van der Waals surface area (Å²) in [6, 6.07) is 0.507. The van der Waals surface area contributed by atoms with E-state index in [-0.39, 0.29) is 18.0 Å². The number of carbonyl (C=O) groups excluding carboxylic acids is 1. The number of carbonyl (C=O) groups is 1. The molecule has 0 aromatic carbocycles. The topological polar surface area (TPSA) is 68.2 Å². The number of rotatable bonds is 6. The van der Waals surface area contributed by atoms with Crippen LogP contribution in [0.4, 0.5) is 0 Å². The molecule has 2 heterocycles. The van der Waals surface area contributed by atoms with Gasteiger partial charge in [0.15, 0.2) is 0 Å². The SMILES string of the molecule is CCC(COC)N[C@@H]1CCC(=O)N[C@H]1c1cnn(C)c1. The fourth-order valence-corrected chi connectivity index (χ4v) is 2.68. The molecular formula is C14H24N4O2. The molecule has 0 radical (unpaired) electrons. The Balaban J connectivity index is 2.09. The third-order valence-electron chi connectivity index (χ3n) is 3.80. The van der Waals surface area contributed by atoms with Gasteiger partial charge in [0.25, 0.3) is 0 Å². The van der Waals surface area contributed by atoms with Crippen molar-refractivity contribution in [2.45, 2.75) is 44.3 Å². The minimum atomic E-state index is -0.0177. The van der Waals surface area contributed by atoms with Gasteiger partial charge in [-0.1, -0.05) is 6.92 Å². The predicted molar refractivity (Wildman–Crippen MR) is 76.2 cm³/mol. The van der Waals surface area contributed by atoms with Crippen LogP contribution in [0, 0.1) is 0 Å². The summed E-state index contributed by atoms with van der Waals surface area (Å²) in [7, 11) is 3.60. The highest BCUT2D eigenvalue weighted by Crippen LogP contribution is 2.24. The quantitative estimate of drug-likeness (QED) is 0.807. The average Bonchev–Trinajstić information content (AvgIpc) is 2.86. The Kier molecular flexibility index (Phi) is 5.14. The zero-order chi connectivity index (χ0) is 14.5. The summed E-state index contributed by atoms with van der Waals surface area (Å²) in [4.78, 5) is 11.7. The van der Waals surface area contributed by atoms with Gasteiger partial charge in [-0.25, -0.2) is 0 Å². The van der Waals surface area contributed by atoms with E-state index in [1.807, 2.05) is 19.4 Å². The molecule has 0 saturated carbocycles. The van der Waals surface area contributed by atoms with Crippen molar-refractivity contribution in [3.8, 4) is 0 Å². The first-order valence-electron chi connectivity index (χ1n) is 7.17. The number of piperidine rings is 1. The highest BCUT2D eigenvalue weighted by Gasteiger charge is 2.31. The lowest BCUT2D eigenvalue weighted by Gasteiger charge is -2.35. The first-order chi connectivity index (χ1) is 9.63. The molecule has 1 aliphatic heterocycles. The number of aryl methyl sites for hydroxylation is 1. The molecule has 1 amide bonds. The minimum absolute atomic E-state index is 0.0177. The zero-order valence-electron chi connectivity index (χ0n) is 12.4. The summed E-state index contributed by atoms with van der Waals surface area (Å²) in [5, 5.41) is 10.9. The summed E-state index contributed by atoms with van der Waals surface area (Å²) >= 11 is 0. The molecule has 0 aliphatic carbocycles. The molecule has 1 fully saturated rings. The number of amides is 1. The van der Waals surface area contributed by atoms with Crippen LogP contribution >= 0.6 is 0 Å². The number of hydrogen-bond acceptors (Lipinski definition) is 4. The molecule has 1 saturated heterocycles. The van der Waals surface area contributed by atoms with Crippen LogP contribution in [0.2, 0.25) is 0 Å². The second kappa shape index (κ2) is 6.85. The maximum absolute atomic E-state index is 11.7. The van der Waals surface area contributed by atoms with Gasteiger partial charge in [-0.05, 0) is 12.8 Å². The van der Waals surface area contributed by atoms with Crippen LogP contribution in [0.5, 0.6) is 0 Å². The first kappa shape index (κ1) is 15.0. The van der Waals surface area contributed by atoms with E-state index >= 15 is 0 Å². The molecule has 2 rings (SSSR count). The molecule has 1 aromatic heterocycles. The molecule has 112 valence electrons. The van der Waals surface area contributed by atoms with Crippen LogP contribution in [-0.2, 0) is 16.6 Å². The summed E-state index contributed by atoms with van der Waals surface area (Å²) < 4.78 is 7.00. The standard InChI is InChI=1S/C14H24N4O2/c1-4-11(9-20-3)16-12-5-6-13(19)17-14(12)10-7-15-18(2)8-10/h7-8,11-12,14,16H,4-6,9H2,1-3H3,(H,17,19)/t11?,12-,14+/m1/s1. The second-order valence-electron chi connectivity index (χ2n) is 5.36. The van der Waals surface area contributed by atoms with E-state index in [0.29, 0.717) is 19.1 Å². The molecule has 0 spiro atoms. The molecule has 0 bridgehead atoms. The number of nitrogens with one attached hydrogen (secondary N) is 2. The van der Waals surface area contributed by atoms with Crippen molar-refractivity contribution < 1.29 is 9.53 Å². The lowest BCUT2D eigenvalue weighted by Crippen LogP contribution is -2.52. The van der Waals surface area contributed by atoms with E-state index < -0.39 is 0 Å². The van der Waals surface area contributed by atoms with Gasteiger partial charge >= 0.3 is 0 Å². The van der Waals surface area contributed by atoms with Crippen molar-refractivity contribution in [1.29, 1.82) is 0 Å². The van der Waals surface area contributed by atoms with Gasteiger partial charge in [0, 0.05) is 44.4 Å². The normalized spacial score (nSPS) is 24.4. The fourth-order valence-electron chi connectivity index (χ4n) is 2.68. The average molecular weight is 280 g/mol. The van der Waals surface area contributed by atoms with Gasteiger partial charge in [-0.3, -0.25) is 9.48 Å². The predicted octanol–water partition coefficient (Wildman–Crippen LogP) is 0.754. The monoisotopic (exact) mass is 280 g/mol. The van der Waals surface area contributed by atoms with Gasteiger partial charge in [0.1, 0.15) is 0 Å². The summed E-state index contributed by atoms with van der Waals surface area (Å²) in [5.74, 6) is 0.108. The van der Waals surface area contributed by atoms with Gasteiger partial charge in [-0.15, -0.1) is 0 Å². The third kappa shape index (κ3) is 3.58. The Morgan fingerprint density at radius 3 is 3.05 bits per heavy atom. The van der Waals surface area contributed by atoms with E-state index in [9.17, 15) is 4.79 Å². The van der Waals surface area contributed by atoms with Crippen molar-refractivity contribution in [3.63, 3.8) is 0 Å².